The third-order valence-corrected chi connectivity index (χ3v) is 4.25. The Morgan fingerprint density at radius 1 is 1.16 bits per heavy atom. The fourth-order valence-electron chi connectivity index (χ4n) is 2.02. The topological polar surface area (TPSA) is 20.2 Å². The van der Waals surface area contributed by atoms with Gasteiger partial charge in [-0.05, 0) is 47.9 Å². The zero-order chi connectivity index (χ0) is 14.0. The van der Waals surface area contributed by atoms with Crippen LogP contribution < -0.4 is 0 Å². The number of aliphatic hydroxyl groups is 1. The molecule has 0 fully saturated rings. The van der Waals surface area contributed by atoms with Crippen molar-refractivity contribution in [1.29, 1.82) is 0 Å². The highest BCUT2D eigenvalue weighted by molar-refractivity contribution is 9.10. The van der Waals surface area contributed by atoms with Gasteiger partial charge in [0.2, 0.25) is 0 Å². The summed E-state index contributed by atoms with van der Waals surface area (Å²) in [7, 11) is 0. The summed E-state index contributed by atoms with van der Waals surface area (Å²) in [5, 5.41) is 10.3. The van der Waals surface area contributed by atoms with E-state index in [9.17, 15) is 9.50 Å². The van der Waals surface area contributed by atoms with Crippen molar-refractivity contribution in [3.05, 3.63) is 67.9 Å². The quantitative estimate of drug-likeness (QED) is 0.791. The Bertz CT molecular complexity index is 599. The molecule has 4 heteroatoms. The van der Waals surface area contributed by atoms with Crippen LogP contribution in [0.2, 0.25) is 0 Å². The molecule has 0 saturated carbocycles. The zero-order valence-corrected chi connectivity index (χ0v) is 13.5. The van der Waals surface area contributed by atoms with Crippen molar-refractivity contribution >= 4 is 31.9 Å². The highest BCUT2D eigenvalue weighted by Crippen LogP contribution is 2.27. The van der Waals surface area contributed by atoms with E-state index in [0.717, 1.165) is 21.2 Å². The number of benzene rings is 2. The summed E-state index contributed by atoms with van der Waals surface area (Å²) in [6.45, 7) is 1.96. The summed E-state index contributed by atoms with van der Waals surface area (Å²) < 4.78 is 14.7. The van der Waals surface area contributed by atoms with Crippen molar-refractivity contribution in [2.45, 2.75) is 19.4 Å². The summed E-state index contributed by atoms with van der Waals surface area (Å²) in [5.41, 5.74) is 2.80. The van der Waals surface area contributed by atoms with Gasteiger partial charge in [-0.2, -0.15) is 0 Å². The Hall–Kier alpha value is -0.710. The summed E-state index contributed by atoms with van der Waals surface area (Å²) in [5.74, 6) is -0.287. The number of rotatable bonds is 3. The van der Waals surface area contributed by atoms with Gasteiger partial charge < -0.3 is 5.11 Å². The average molecular weight is 388 g/mol. The van der Waals surface area contributed by atoms with E-state index in [1.54, 1.807) is 6.07 Å². The van der Waals surface area contributed by atoms with E-state index in [2.05, 4.69) is 31.9 Å². The third kappa shape index (κ3) is 3.65. The normalized spacial score (nSPS) is 12.5. The van der Waals surface area contributed by atoms with E-state index in [1.807, 2.05) is 25.1 Å². The summed E-state index contributed by atoms with van der Waals surface area (Å²) in [4.78, 5) is 0. The molecular weight excluding hydrogens is 375 g/mol. The molecule has 1 nitrogen and oxygen atoms in total. The first-order chi connectivity index (χ1) is 8.97. The molecule has 0 aromatic heterocycles. The molecule has 0 bridgehead atoms. The van der Waals surface area contributed by atoms with Crippen LogP contribution in [0.5, 0.6) is 0 Å². The van der Waals surface area contributed by atoms with Gasteiger partial charge in [0, 0.05) is 15.4 Å². The number of aliphatic hydroxyl groups excluding tert-OH is 1. The van der Waals surface area contributed by atoms with Crippen LogP contribution in [0.3, 0.4) is 0 Å². The molecule has 0 aliphatic heterocycles. The second-order valence-corrected chi connectivity index (χ2v) is 6.23. The SMILES string of the molecule is Cc1cc(Br)ccc1C(O)Cc1ccc(F)cc1Br. The fourth-order valence-corrected chi connectivity index (χ4v) is 3.01. The van der Waals surface area contributed by atoms with E-state index >= 15 is 0 Å². The van der Waals surface area contributed by atoms with E-state index in [0.29, 0.717) is 10.9 Å². The van der Waals surface area contributed by atoms with Crippen LogP contribution in [0, 0.1) is 12.7 Å². The Morgan fingerprint density at radius 2 is 1.89 bits per heavy atom. The smallest absolute Gasteiger partial charge is 0.124 e. The molecular formula is C15H13Br2FO. The first kappa shape index (κ1) is 14.7. The van der Waals surface area contributed by atoms with Gasteiger partial charge in [-0.15, -0.1) is 0 Å². The van der Waals surface area contributed by atoms with Gasteiger partial charge in [0.25, 0.3) is 0 Å². The highest BCUT2D eigenvalue weighted by atomic mass is 79.9. The first-order valence-corrected chi connectivity index (χ1v) is 7.44. The van der Waals surface area contributed by atoms with Crippen molar-refractivity contribution < 1.29 is 9.50 Å². The number of aryl methyl sites for hydroxylation is 1. The third-order valence-electron chi connectivity index (χ3n) is 3.02. The molecule has 0 radical (unpaired) electrons. The van der Waals surface area contributed by atoms with E-state index in [4.69, 9.17) is 0 Å². The Morgan fingerprint density at radius 3 is 2.53 bits per heavy atom. The maximum Gasteiger partial charge on any atom is 0.124 e. The van der Waals surface area contributed by atoms with Gasteiger partial charge in [0.15, 0.2) is 0 Å². The molecule has 19 heavy (non-hydrogen) atoms. The molecule has 1 atom stereocenters. The molecule has 1 unspecified atom stereocenters. The lowest BCUT2D eigenvalue weighted by atomic mass is 9.98. The number of hydrogen-bond acceptors (Lipinski definition) is 1. The molecule has 2 aromatic carbocycles. The molecule has 1 N–H and O–H groups in total. The average Bonchev–Trinajstić information content (AvgIpc) is 2.32. The standard InChI is InChI=1S/C15H13Br2FO/c1-9-6-11(16)3-5-13(9)15(19)7-10-2-4-12(18)8-14(10)17/h2-6,8,15,19H,7H2,1H3. The van der Waals surface area contributed by atoms with Crippen molar-refractivity contribution in [3.8, 4) is 0 Å². The van der Waals surface area contributed by atoms with E-state index < -0.39 is 6.10 Å². The highest BCUT2D eigenvalue weighted by Gasteiger charge is 2.13. The molecule has 100 valence electrons. The van der Waals surface area contributed by atoms with Gasteiger partial charge >= 0.3 is 0 Å². The van der Waals surface area contributed by atoms with E-state index in [1.165, 1.54) is 12.1 Å². The second-order valence-electron chi connectivity index (χ2n) is 4.46. The lowest BCUT2D eigenvalue weighted by Gasteiger charge is -2.15. The van der Waals surface area contributed by atoms with Crippen LogP contribution >= 0.6 is 31.9 Å². The van der Waals surface area contributed by atoms with Crippen LogP contribution in [0.4, 0.5) is 4.39 Å². The monoisotopic (exact) mass is 386 g/mol. The molecule has 0 amide bonds. The lowest BCUT2D eigenvalue weighted by Crippen LogP contribution is -2.04. The van der Waals surface area contributed by atoms with E-state index in [-0.39, 0.29) is 5.82 Å². The summed E-state index contributed by atoms with van der Waals surface area (Å²) in [6, 6.07) is 10.3. The van der Waals surface area contributed by atoms with Gasteiger partial charge in [0.1, 0.15) is 5.82 Å². The van der Waals surface area contributed by atoms with Gasteiger partial charge in [-0.1, -0.05) is 44.0 Å². The van der Waals surface area contributed by atoms with Gasteiger partial charge in [0.05, 0.1) is 6.10 Å². The van der Waals surface area contributed by atoms with Crippen molar-refractivity contribution in [3.63, 3.8) is 0 Å². The number of hydrogen-bond donors (Lipinski definition) is 1. The van der Waals surface area contributed by atoms with Gasteiger partial charge in [-0.25, -0.2) is 4.39 Å². The first-order valence-electron chi connectivity index (χ1n) is 5.85. The lowest BCUT2D eigenvalue weighted by molar-refractivity contribution is 0.177. The second kappa shape index (κ2) is 6.16. The van der Waals surface area contributed by atoms with Crippen LogP contribution in [0.15, 0.2) is 45.3 Å². The van der Waals surface area contributed by atoms with Gasteiger partial charge in [-0.3, -0.25) is 0 Å². The molecule has 0 spiro atoms. The largest absolute Gasteiger partial charge is 0.388 e. The maximum atomic E-state index is 13.0. The minimum absolute atomic E-state index is 0.287. The maximum absolute atomic E-state index is 13.0. The Labute approximate surface area is 128 Å². The van der Waals surface area contributed by atoms with Crippen molar-refractivity contribution in [2.24, 2.45) is 0 Å². The molecule has 2 rings (SSSR count). The molecule has 2 aromatic rings. The van der Waals surface area contributed by atoms with Crippen molar-refractivity contribution in [2.75, 3.05) is 0 Å². The Kier molecular flexibility index (Phi) is 4.76. The van der Waals surface area contributed by atoms with Crippen LogP contribution in [-0.2, 0) is 6.42 Å². The minimum atomic E-state index is -0.602. The molecule has 0 aliphatic carbocycles. The number of halogens is 3. The van der Waals surface area contributed by atoms with Crippen molar-refractivity contribution in [1.82, 2.24) is 0 Å². The molecule has 0 aliphatic rings. The summed E-state index contributed by atoms with van der Waals surface area (Å²) in [6.07, 6.45) is -0.154. The van der Waals surface area contributed by atoms with Crippen LogP contribution in [-0.4, -0.2) is 5.11 Å². The minimum Gasteiger partial charge on any atom is -0.388 e. The predicted octanol–water partition coefficient (Wildman–Crippen LogP) is 4.94. The fraction of sp³-hybridized carbons (Fsp3) is 0.200. The van der Waals surface area contributed by atoms with Crippen LogP contribution in [0.25, 0.3) is 0 Å². The van der Waals surface area contributed by atoms with Crippen LogP contribution in [0.1, 0.15) is 22.8 Å². The Balaban J connectivity index is 2.23. The molecule has 0 saturated heterocycles. The molecule has 0 heterocycles. The zero-order valence-electron chi connectivity index (χ0n) is 10.3. The predicted molar refractivity (Wildman–Crippen MR) is 81.6 cm³/mol. The summed E-state index contributed by atoms with van der Waals surface area (Å²) >= 11 is 6.72.